The van der Waals surface area contributed by atoms with Crippen molar-refractivity contribution >= 4 is 39.0 Å². The molecular formula is C12H11BrN2OS. The Morgan fingerprint density at radius 2 is 2.18 bits per heavy atom. The van der Waals surface area contributed by atoms with Gasteiger partial charge in [-0.3, -0.25) is 0 Å². The highest BCUT2D eigenvalue weighted by Crippen LogP contribution is 2.15. The molecule has 2 aromatic rings. The van der Waals surface area contributed by atoms with E-state index in [0.29, 0.717) is 6.54 Å². The second-order valence-electron chi connectivity index (χ2n) is 3.40. The third kappa shape index (κ3) is 3.87. The molecule has 0 aliphatic heterocycles. The molecule has 0 radical (unpaired) electrons. The van der Waals surface area contributed by atoms with E-state index in [4.69, 9.17) is 0 Å². The standard InChI is InChI=1S/C12H11BrN2OS/c13-9-3-1-4-10(7-9)15-12(16)14-8-11-5-2-6-17-11/h1-7H,8H2,(H2,14,15,16). The molecule has 0 fully saturated rings. The van der Waals surface area contributed by atoms with Crippen molar-refractivity contribution < 1.29 is 4.79 Å². The fraction of sp³-hybridized carbons (Fsp3) is 0.0833. The van der Waals surface area contributed by atoms with Gasteiger partial charge in [-0.25, -0.2) is 4.79 Å². The molecule has 88 valence electrons. The summed E-state index contributed by atoms with van der Waals surface area (Å²) in [7, 11) is 0. The first-order valence-corrected chi connectivity index (χ1v) is 6.74. The Kier molecular flexibility index (Phi) is 4.17. The number of hydrogen-bond donors (Lipinski definition) is 2. The molecule has 0 atom stereocenters. The summed E-state index contributed by atoms with van der Waals surface area (Å²) in [6.45, 7) is 0.553. The molecule has 0 bridgehead atoms. The van der Waals surface area contributed by atoms with E-state index in [0.717, 1.165) is 15.0 Å². The lowest BCUT2D eigenvalue weighted by Crippen LogP contribution is -2.27. The highest BCUT2D eigenvalue weighted by atomic mass is 79.9. The van der Waals surface area contributed by atoms with Gasteiger partial charge in [0.2, 0.25) is 0 Å². The van der Waals surface area contributed by atoms with Gasteiger partial charge in [-0.05, 0) is 29.6 Å². The molecule has 2 N–H and O–H groups in total. The van der Waals surface area contributed by atoms with E-state index in [1.807, 2.05) is 41.8 Å². The SMILES string of the molecule is O=C(NCc1cccs1)Nc1cccc(Br)c1. The van der Waals surface area contributed by atoms with Crippen molar-refractivity contribution in [2.75, 3.05) is 5.32 Å². The fourth-order valence-electron chi connectivity index (χ4n) is 1.32. The minimum atomic E-state index is -0.198. The van der Waals surface area contributed by atoms with Gasteiger partial charge in [0.05, 0.1) is 6.54 Å². The van der Waals surface area contributed by atoms with Crippen LogP contribution < -0.4 is 10.6 Å². The number of amides is 2. The predicted octanol–water partition coefficient (Wildman–Crippen LogP) is 3.83. The van der Waals surface area contributed by atoms with Crippen LogP contribution in [-0.4, -0.2) is 6.03 Å². The Bertz CT molecular complexity index is 499. The lowest BCUT2D eigenvalue weighted by atomic mass is 10.3. The largest absolute Gasteiger partial charge is 0.333 e. The maximum Gasteiger partial charge on any atom is 0.319 e. The zero-order valence-electron chi connectivity index (χ0n) is 8.94. The van der Waals surface area contributed by atoms with Crippen molar-refractivity contribution in [3.05, 3.63) is 51.1 Å². The highest BCUT2D eigenvalue weighted by molar-refractivity contribution is 9.10. The van der Waals surface area contributed by atoms with Crippen molar-refractivity contribution in [2.24, 2.45) is 0 Å². The van der Waals surface area contributed by atoms with Crippen molar-refractivity contribution in [1.29, 1.82) is 0 Å². The molecule has 17 heavy (non-hydrogen) atoms. The summed E-state index contributed by atoms with van der Waals surface area (Å²) in [5.41, 5.74) is 0.767. The minimum Gasteiger partial charge on any atom is -0.333 e. The van der Waals surface area contributed by atoms with Gasteiger partial charge < -0.3 is 10.6 Å². The lowest BCUT2D eigenvalue weighted by molar-refractivity contribution is 0.252. The number of thiophene rings is 1. The van der Waals surface area contributed by atoms with Crippen LogP contribution in [0.15, 0.2) is 46.3 Å². The van der Waals surface area contributed by atoms with E-state index in [1.165, 1.54) is 0 Å². The third-order valence-corrected chi connectivity index (χ3v) is 3.46. The average molecular weight is 311 g/mol. The molecule has 5 heteroatoms. The number of hydrogen-bond acceptors (Lipinski definition) is 2. The second-order valence-corrected chi connectivity index (χ2v) is 5.35. The summed E-state index contributed by atoms with van der Waals surface area (Å²) in [6, 6.07) is 11.2. The van der Waals surface area contributed by atoms with Crippen LogP contribution in [0.1, 0.15) is 4.88 Å². The van der Waals surface area contributed by atoms with Crippen LogP contribution >= 0.6 is 27.3 Å². The number of rotatable bonds is 3. The van der Waals surface area contributed by atoms with Gasteiger partial charge in [-0.15, -0.1) is 11.3 Å². The number of anilines is 1. The molecule has 1 aromatic heterocycles. The van der Waals surface area contributed by atoms with Crippen LogP contribution in [0, 0.1) is 0 Å². The normalized spacial score (nSPS) is 9.94. The topological polar surface area (TPSA) is 41.1 Å². The molecule has 3 nitrogen and oxygen atoms in total. The monoisotopic (exact) mass is 310 g/mol. The first-order chi connectivity index (χ1) is 8.24. The highest BCUT2D eigenvalue weighted by Gasteiger charge is 2.02. The molecule has 0 saturated carbocycles. The third-order valence-electron chi connectivity index (χ3n) is 2.09. The van der Waals surface area contributed by atoms with Gasteiger partial charge in [0.15, 0.2) is 0 Å². The first kappa shape index (κ1) is 12.1. The first-order valence-electron chi connectivity index (χ1n) is 5.07. The van der Waals surface area contributed by atoms with E-state index in [9.17, 15) is 4.79 Å². The Labute approximate surface area is 112 Å². The molecule has 1 aromatic carbocycles. The Balaban J connectivity index is 1.85. The van der Waals surface area contributed by atoms with E-state index < -0.39 is 0 Å². The van der Waals surface area contributed by atoms with E-state index >= 15 is 0 Å². The Hall–Kier alpha value is -1.33. The van der Waals surface area contributed by atoms with E-state index in [-0.39, 0.29) is 6.03 Å². The molecule has 1 heterocycles. The Morgan fingerprint density at radius 3 is 2.88 bits per heavy atom. The van der Waals surface area contributed by atoms with Crippen molar-refractivity contribution in [3.63, 3.8) is 0 Å². The Morgan fingerprint density at radius 1 is 1.29 bits per heavy atom. The van der Waals surface area contributed by atoms with Crippen molar-refractivity contribution in [2.45, 2.75) is 6.54 Å². The fourth-order valence-corrected chi connectivity index (χ4v) is 2.37. The molecular weight excluding hydrogens is 300 g/mol. The molecule has 2 amide bonds. The smallest absolute Gasteiger partial charge is 0.319 e. The molecule has 0 spiro atoms. The van der Waals surface area contributed by atoms with Crippen LogP contribution in [0.5, 0.6) is 0 Å². The predicted molar refractivity (Wildman–Crippen MR) is 74.3 cm³/mol. The van der Waals surface area contributed by atoms with Gasteiger partial charge in [0.1, 0.15) is 0 Å². The summed E-state index contributed by atoms with van der Waals surface area (Å²) in [5.74, 6) is 0. The number of nitrogens with one attached hydrogen (secondary N) is 2. The molecule has 0 unspecified atom stereocenters. The van der Waals surface area contributed by atoms with Crippen LogP contribution in [-0.2, 0) is 6.54 Å². The quantitative estimate of drug-likeness (QED) is 0.888. The maximum atomic E-state index is 11.6. The second kappa shape index (κ2) is 5.84. The summed E-state index contributed by atoms with van der Waals surface area (Å²) in [4.78, 5) is 12.7. The maximum absolute atomic E-state index is 11.6. The van der Waals surface area contributed by atoms with E-state index in [1.54, 1.807) is 11.3 Å². The molecule has 0 saturated heterocycles. The van der Waals surface area contributed by atoms with Crippen molar-refractivity contribution in [1.82, 2.24) is 5.32 Å². The summed E-state index contributed by atoms with van der Waals surface area (Å²) < 4.78 is 0.938. The zero-order chi connectivity index (χ0) is 12.1. The van der Waals surface area contributed by atoms with E-state index in [2.05, 4.69) is 26.6 Å². The average Bonchev–Trinajstić information content (AvgIpc) is 2.79. The number of urea groups is 1. The van der Waals surface area contributed by atoms with Crippen LogP contribution in [0.3, 0.4) is 0 Å². The number of carbonyl (C=O) groups is 1. The number of benzene rings is 1. The number of carbonyl (C=O) groups excluding carboxylic acids is 1. The van der Waals surface area contributed by atoms with Gasteiger partial charge in [0, 0.05) is 15.0 Å². The summed E-state index contributed by atoms with van der Waals surface area (Å²) in [6.07, 6.45) is 0. The van der Waals surface area contributed by atoms with Crippen LogP contribution in [0.2, 0.25) is 0 Å². The van der Waals surface area contributed by atoms with Gasteiger partial charge in [0.25, 0.3) is 0 Å². The van der Waals surface area contributed by atoms with Crippen LogP contribution in [0.4, 0.5) is 10.5 Å². The molecule has 2 rings (SSSR count). The van der Waals surface area contributed by atoms with Gasteiger partial charge in [-0.1, -0.05) is 28.1 Å². The summed E-state index contributed by atoms with van der Waals surface area (Å²) in [5, 5.41) is 7.56. The molecule has 0 aliphatic rings. The van der Waals surface area contributed by atoms with Gasteiger partial charge in [-0.2, -0.15) is 0 Å². The lowest BCUT2D eigenvalue weighted by Gasteiger charge is -2.06. The molecule has 0 aliphatic carbocycles. The van der Waals surface area contributed by atoms with Crippen molar-refractivity contribution in [3.8, 4) is 0 Å². The van der Waals surface area contributed by atoms with Gasteiger partial charge >= 0.3 is 6.03 Å². The number of halogens is 1. The minimum absolute atomic E-state index is 0.198. The van der Waals surface area contributed by atoms with Crippen LogP contribution in [0.25, 0.3) is 0 Å². The summed E-state index contributed by atoms with van der Waals surface area (Å²) >= 11 is 4.98. The zero-order valence-corrected chi connectivity index (χ0v) is 11.3.